The topological polar surface area (TPSA) is 92.4 Å². The fourth-order valence-corrected chi connectivity index (χ4v) is 3.88. The average molecular weight is 368 g/mol. The Morgan fingerprint density at radius 2 is 1.70 bits per heavy atom. The van der Waals surface area contributed by atoms with Crippen LogP contribution in [0.5, 0.6) is 0 Å². The molecule has 3 rings (SSSR count). The van der Waals surface area contributed by atoms with Crippen LogP contribution in [0.15, 0.2) is 42.5 Å². The minimum Gasteiger partial charge on any atom is -0.387 e. The van der Waals surface area contributed by atoms with E-state index in [0.717, 1.165) is 35.6 Å². The van der Waals surface area contributed by atoms with Gasteiger partial charge in [0.25, 0.3) is 0 Å². The van der Waals surface area contributed by atoms with E-state index in [-0.39, 0.29) is 0 Å². The average Bonchev–Trinajstić information content (AvgIpc) is 2.66. The first-order chi connectivity index (χ1) is 12.8. The van der Waals surface area contributed by atoms with Crippen molar-refractivity contribution in [2.45, 2.75) is 57.6 Å². The van der Waals surface area contributed by atoms with Gasteiger partial charge in [-0.1, -0.05) is 61.7 Å². The largest absolute Gasteiger partial charge is 0.387 e. The summed E-state index contributed by atoms with van der Waals surface area (Å²) >= 11 is 0. The van der Waals surface area contributed by atoms with E-state index in [4.69, 9.17) is 5.73 Å². The Morgan fingerprint density at radius 1 is 1.07 bits per heavy atom. The molecule has 0 heterocycles. The van der Waals surface area contributed by atoms with E-state index >= 15 is 0 Å². The van der Waals surface area contributed by atoms with E-state index in [0.29, 0.717) is 12.8 Å². The summed E-state index contributed by atoms with van der Waals surface area (Å²) in [5.41, 5.74) is 3.89. The van der Waals surface area contributed by atoms with Crippen LogP contribution in [0.3, 0.4) is 0 Å². The molecule has 2 aromatic rings. The summed E-state index contributed by atoms with van der Waals surface area (Å²) < 4.78 is 0. The molecule has 1 aliphatic carbocycles. The van der Waals surface area contributed by atoms with Gasteiger partial charge in [-0.2, -0.15) is 0 Å². The van der Waals surface area contributed by atoms with E-state index in [1.807, 2.05) is 42.5 Å². The van der Waals surface area contributed by atoms with E-state index in [2.05, 4.69) is 5.32 Å². The number of nitrogens with two attached hydrogens (primary N) is 1. The summed E-state index contributed by atoms with van der Waals surface area (Å²) in [5.74, 6) is -1.15. The molecule has 2 aromatic carbocycles. The Labute approximate surface area is 159 Å². The summed E-state index contributed by atoms with van der Waals surface area (Å²) in [4.78, 5) is 24.6. The third kappa shape index (κ3) is 3.69. The molecule has 1 atom stereocenters. The lowest BCUT2D eigenvalue weighted by Crippen LogP contribution is -2.53. The summed E-state index contributed by atoms with van der Waals surface area (Å²) in [6.07, 6.45) is 4.11. The van der Waals surface area contributed by atoms with Gasteiger partial charge in [-0.05, 0) is 43.0 Å². The van der Waals surface area contributed by atoms with Crippen LogP contribution in [0.2, 0.25) is 0 Å². The standard InChI is InChI=1S/C22H28N2O3/c1-21(2,19(23)25)20(26)24-18(22(27)13-6-3-7-14-22)17-12-8-10-15-9-4-5-11-16(15)17/h4-5,8-12,18,27H,3,6-7,13-14H2,1-2H3,(H2,23,25)(H,24,26)/t18-/m1/s1. The van der Waals surface area contributed by atoms with Gasteiger partial charge in [-0.15, -0.1) is 0 Å². The zero-order valence-corrected chi connectivity index (χ0v) is 16.0. The number of fused-ring (bicyclic) bond motifs is 1. The van der Waals surface area contributed by atoms with Crippen LogP contribution >= 0.6 is 0 Å². The lowest BCUT2D eigenvalue weighted by atomic mass is 9.75. The lowest BCUT2D eigenvalue weighted by Gasteiger charge is -2.41. The van der Waals surface area contributed by atoms with Crippen LogP contribution < -0.4 is 11.1 Å². The van der Waals surface area contributed by atoms with Gasteiger partial charge in [-0.3, -0.25) is 9.59 Å². The number of carbonyl (C=O) groups is 2. The zero-order valence-electron chi connectivity index (χ0n) is 16.0. The molecule has 0 saturated heterocycles. The van der Waals surface area contributed by atoms with Gasteiger partial charge in [0.1, 0.15) is 5.41 Å². The molecule has 27 heavy (non-hydrogen) atoms. The van der Waals surface area contributed by atoms with Crippen molar-refractivity contribution in [1.82, 2.24) is 5.32 Å². The molecule has 1 fully saturated rings. The van der Waals surface area contributed by atoms with Crippen molar-refractivity contribution in [3.8, 4) is 0 Å². The second-order valence-corrected chi connectivity index (χ2v) is 8.13. The second kappa shape index (κ2) is 7.31. The monoisotopic (exact) mass is 368 g/mol. The van der Waals surface area contributed by atoms with Crippen molar-refractivity contribution in [3.63, 3.8) is 0 Å². The Morgan fingerprint density at radius 3 is 2.37 bits per heavy atom. The highest BCUT2D eigenvalue weighted by molar-refractivity contribution is 6.03. The zero-order chi connectivity index (χ0) is 19.7. The first-order valence-electron chi connectivity index (χ1n) is 9.57. The smallest absolute Gasteiger partial charge is 0.235 e. The summed E-state index contributed by atoms with van der Waals surface area (Å²) in [6, 6.07) is 13.2. The van der Waals surface area contributed by atoms with Gasteiger partial charge in [0.2, 0.25) is 11.8 Å². The molecule has 4 N–H and O–H groups in total. The highest BCUT2D eigenvalue weighted by atomic mass is 16.3. The third-order valence-electron chi connectivity index (χ3n) is 5.85. The summed E-state index contributed by atoms with van der Waals surface area (Å²) in [5, 5.41) is 16.5. The molecule has 0 aromatic heterocycles. The van der Waals surface area contributed by atoms with Crippen molar-refractivity contribution in [2.75, 3.05) is 0 Å². The normalized spacial score (nSPS) is 18.0. The van der Waals surface area contributed by atoms with E-state index < -0.39 is 28.9 Å². The molecule has 5 nitrogen and oxygen atoms in total. The van der Waals surface area contributed by atoms with Crippen molar-refractivity contribution in [3.05, 3.63) is 48.0 Å². The van der Waals surface area contributed by atoms with E-state index in [1.165, 1.54) is 13.8 Å². The lowest BCUT2D eigenvalue weighted by molar-refractivity contribution is -0.142. The minimum absolute atomic E-state index is 0.466. The Kier molecular flexibility index (Phi) is 5.24. The maximum absolute atomic E-state index is 12.9. The number of primary amides is 1. The first kappa shape index (κ1) is 19.4. The molecule has 5 heteroatoms. The van der Waals surface area contributed by atoms with Gasteiger partial charge >= 0.3 is 0 Å². The van der Waals surface area contributed by atoms with Crippen LogP contribution in [0.1, 0.15) is 57.6 Å². The quantitative estimate of drug-likeness (QED) is 0.708. The van der Waals surface area contributed by atoms with Crippen LogP contribution in [-0.4, -0.2) is 22.5 Å². The molecule has 1 saturated carbocycles. The van der Waals surface area contributed by atoms with Crippen LogP contribution in [0.25, 0.3) is 10.8 Å². The molecule has 0 aliphatic heterocycles. The summed E-state index contributed by atoms with van der Waals surface area (Å²) in [6.45, 7) is 3.02. The minimum atomic E-state index is -1.35. The Hall–Kier alpha value is -2.40. The molecular formula is C22H28N2O3. The van der Waals surface area contributed by atoms with Gasteiger partial charge in [0, 0.05) is 0 Å². The number of rotatable bonds is 5. The maximum Gasteiger partial charge on any atom is 0.235 e. The molecule has 2 amide bonds. The number of aliphatic hydroxyl groups is 1. The second-order valence-electron chi connectivity index (χ2n) is 8.13. The van der Waals surface area contributed by atoms with Crippen molar-refractivity contribution in [1.29, 1.82) is 0 Å². The van der Waals surface area contributed by atoms with Crippen molar-refractivity contribution in [2.24, 2.45) is 11.1 Å². The third-order valence-corrected chi connectivity index (χ3v) is 5.85. The number of hydrogen-bond donors (Lipinski definition) is 3. The highest BCUT2D eigenvalue weighted by Crippen LogP contribution is 2.41. The predicted octanol–water partition coefficient (Wildman–Crippen LogP) is 3.20. The number of amides is 2. The SMILES string of the molecule is CC(C)(C(N)=O)C(=O)N[C@H](c1cccc2ccccc12)C1(O)CCCCC1. The van der Waals surface area contributed by atoms with Crippen LogP contribution in [0, 0.1) is 5.41 Å². The van der Waals surface area contributed by atoms with Crippen molar-refractivity contribution < 1.29 is 14.7 Å². The fourth-order valence-electron chi connectivity index (χ4n) is 3.88. The maximum atomic E-state index is 12.9. The van der Waals surface area contributed by atoms with Gasteiger partial charge in [-0.25, -0.2) is 0 Å². The van der Waals surface area contributed by atoms with Gasteiger partial charge < -0.3 is 16.2 Å². The Balaban J connectivity index is 2.07. The van der Waals surface area contributed by atoms with E-state index in [1.54, 1.807) is 0 Å². The highest BCUT2D eigenvalue weighted by Gasteiger charge is 2.43. The number of nitrogens with one attached hydrogen (secondary N) is 1. The molecule has 0 bridgehead atoms. The molecular weight excluding hydrogens is 340 g/mol. The number of hydrogen-bond acceptors (Lipinski definition) is 3. The Bertz CT molecular complexity index is 848. The van der Waals surface area contributed by atoms with Gasteiger partial charge in [0.15, 0.2) is 0 Å². The first-order valence-corrected chi connectivity index (χ1v) is 9.57. The molecule has 144 valence electrons. The van der Waals surface area contributed by atoms with Crippen LogP contribution in [0.4, 0.5) is 0 Å². The molecule has 0 radical (unpaired) electrons. The summed E-state index contributed by atoms with van der Waals surface area (Å²) in [7, 11) is 0. The van der Waals surface area contributed by atoms with Crippen LogP contribution in [-0.2, 0) is 9.59 Å². The van der Waals surface area contributed by atoms with Gasteiger partial charge in [0.05, 0.1) is 11.6 Å². The predicted molar refractivity (Wildman–Crippen MR) is 106 cm³/mol. The fraction of sp³-hybridized carbons (Fsp3) is 0.455. The molecule has 0 spiro atoms. The molecule has 1 aliphatic rings. The van der Waals surface area contributed by atoms with Crippen molar-refractivity contribution >= 4 is 22.6 Å². The number of benzene rings is 2. The van der Waals surface area contributed by atoms with E-state index in [9.17, 15) is 14.7 Å². The molecule has 0 unspecified atom stereocenters. The number of carbonyl (C=O) groups excluding carboxylic acids is 2.